The number of nitrogens with one attached hydrogen (secondary N) is 1. The summed E-state index contributed by atoms with van der Waals surface area (Å²) in [7, 11) is 0. The molecule has 1 unspecified atom stereocenters. The second-order valence-corrected chi connectivity index (χ2v) is 4.87. The van der Waals surface area contributed by atoms with Gasteiger partial charge in [0.15, 0.2) is 12.4 Å². The number of amides is 1. The first-order chi connectivity index (χ1) is 10.1. The zero-order valence-electron chi connectivity index (χ0n) is 12.3. The summed E-state index contributed by atoms with van der Waals surface area (Å²) in [6.07, 6.45) is 0. The number of anilines is 1. The van der Waals surface area contributed by atoms with E-state index in [1.807, 2.05) is 6.92 Å². The minimum atomic E-state index is -0.398. The van der Waals surface area contributed by atoms with Crippen LogP contribution in [0.15, 0.2) is 18.2 Å². The van der Waals surface area contributed by atoms with Crippen molar-refractivity contribution < 1.29 is 19.4 Å². The van der Waals surface area contributed by atoms with E-state index in [2.05, 4.69) is 5.32 Å². The molecule has 21 heavy (non-hydrogen) atoms. The summed E-state index contributed by atoms with van der Waals surface area (Å²) < 4.78 is 5.38. The van der Waals surface area contributed by atoms with Crippen LogP contribution >= 0.6 is 0 Å². The second-order valence-electron chi connectivity index (χ2n) is 4.87. The number of aliphatic hydroxyl groups is 1. The zero-order valence-corrected chi connectivity index (χ0v) is 12.3. The van der Waals surface area contributed by atoms with Crippen LogP contribution in [0.25, 0.3) is 0 Å². The zero-order chi connectivity index (χ0) is 15.4. The fourth-order valence-electron chi connectivity index (χ4n) is 2.33. The van der Waals surface area contributed by atoms with E-state index in [0.29, 0.717) is 30.1 Å². The smallest absolute Gasteiger partial charge is 0.265 e. The molecule has 1 aromatic rings. The highest BCUT2D eigenvalue weighted by Crippen LogP contribution is 2.33. The Morgan fingerprint density at radius 2 is 2.29 bits per heavy atom. The highest BCUT2D eigenvalue weighted by molar-refractivity contribution is 6.03. The number of Topliss-reactive ketones (excluding diaryl/α,β-unsaturated/α-hetero) is 1. The summed E-state index contributed by atoms with van der Waals surface area (Å²) in [5.74, 6) is 0.422. The quantitative estimate of drug-likeness (QED) is 0.750. The molecule has 1 aliphatic heterocycles. The van der Waals surface area contributed by atoms with E-state index in [4.69, 9.17) is 9.84 Å². The molecule has 114 valence electrons. The summed E-state index contributed by atoms with van der Waals surface area (Å²) in [5, 5.41) is 11.7. The fraction of sp³-hybridized carbons (Fsp3) is 0.467. The third-order valence-corrected chi connectivity index (χ3v) is 3.46. The van der Waals surface area contributed by atoms with Gasteiger partial charge in [0.25, 0.3) is 5.91 Å². The first kappa shape index (κ1) is 15.5. The number of benzene rings is 1. The molecule has 2 rings (SSSR count). The molecule has 0 radical (unpaired) electrons. The number of hydrogen-bond donors (Lipinski definition) is 2. The Kier molecular flexibility index (Phi) is 4.93. The van der Waals surface area contributed by atoms with Gasteiger partial charge in [-0.1, -0.05) is 0 Å². The van der Waals surface area contributed by atoms with Crippen LogP contribution in [0.4, 0.5) is 5.69 Å². The number of rotatable bonds is 6. The Balaban J connectivity index is 2.25. The number of ketones is 1. The second kappa shape index (κ2) is 6.69. The Morgan fingerprint density at radius 3 is 2.95 bits per heavy atom. The monoisotopic (exact) mass is 292 g/mol. The Labute approximate surface area is 123 Å². The Hall–Kier alpha value is -1.92. The molecule has 0 bridgehead atoms. The molecular weight excluding hydrogens is 272 g/mol. The lowest BCUT2D eigenvalue weighted by Crippen LogP contribution is -2.39. The largest absolute Gasteiger partial charge is 0.482 e. The van der Waals surface area contributed by atoms with Crippen LogP contribution in [0.1, 0.15) is 24.2 Å². The number of carbonyl (C=O) groups excluding carboxylic acids is 2. The molecular formula is C15H20N2O4. The number of likely N-dealkylation sites (N-methyl/N-ethyl adjacent to an activating group) is 1. The van der Waals surface area contributed by atoms with Gasteiger partial charge in [-0.15, -0.1) is 0 Å². The van der Waals surface area contributed by atoms with Crippen molar-refractivity contribution in [3.63, 3.8) is 0 Å². The molecule has 1 amide bonds. The van der Waals surface area contributed by atoms with Crippen LogP contribution in [-0.4, -0.2) is 49.1 Å². The highest BCUT2D eigenvalue weighted by atomic mass is 16.5. The minimum Gasteiger partial charge on any atom is -0.482 e. The Morgan fingerprint density at radius 1 is 1.52 bits per heavy atom. The van der Waals surface area contributed by atoms with Gasteiger partial charge < -0.3 is 20.1 Å². The van der Waals surface area contributed by atoms with E-state index in [9.17, 15) is 9.59 Å². The van der Waals surface area contributed by atoms with E-state index in [1.54, 1.807) is 30.0 Å². The third-order valence-electron chi connectivity index (χ3n) is 3.46. The van der Waals surface area contributed by atoms with Gasteiger partial charge in [-0.2, -0.15) is 0 Å². The van der Waals surface area contributed by atoms with E-state index >= 15 is 0 Å². The topological polar surface area (TPSA) is 78.9 Å². The molecule has 0 aromatic heterocycles. The number of nitrogens with zero attached hydrogens (tertiary/aromatic N) is 1. The van der Waals surface area contributed by atoms with Gasteiger partial charge >= 0.3 is 0 Å². The number of carbonyl (C=O) groups is 2. The van der Waals surface area contributed by atoms with Crippen molar-refractivity contribution in [1.29, 1.82) is 0 Å². The predicted octanol–water partition coefficient (Wildman–Crippen LogP) is 0.585. The van der Waals surface area contributed by atoms with Crippen molar-refractivity contribution in [3.8, 4) is 5.75 Å². The summed E-state index contributed by atoms with van der Waals surface area (Å²) >= 11 is 0. The molecule has 2 N–H and O–H groups in total. The third kappa shape index (κ3) is 3.22. The van der Waals surface area contributed by atoms with Gasteiger partial charge in [0.1, 0.15) is 5.75 Å². The molecule has 6 nitrogen and oxygen atoms in total. The van der Waals surface area contributed by atoms with Crippen LogP contribution in [0.3, 0.4) is 0 Å². The molecule has 0 fully saturated rings. The number of ether oxygens (including phenoxy) is 1. The van der Waals surface area contributed by atoms with E-state index in [-0.39, 0.29) is 24.9 Å². The molecule has 6 heteroatoms. The van der Waals surface area contributed by atoms with E-state index < -0.39 is 6.04 Å². The van der Waals surface area contributed by atoms with Crippen LogP contribution in [0, 0.1) is 0 Å². The summed E-state index contributed by atoms with van der Waals surface area (Å²) in [5.41, 5.74) is 1.15. The lowest BCUT2D eigenvalue weighted by Gasteiger charge is -2.28. The van der Waals surface area contributed by atoms with Gasteiger partial charge in [0.05, 0.1) is 18.3 Å². The molecule has 1 heterocycles. The van der Waals surface area contributed by atoms with Crippen LogP contribution < -0.4 is 15.0 Å². The van der Waals surface area contributed by atoms with Crippen LogP contribution in [0.5, 0.6) is 5.75 Å². The maximum atomic E-state index is 12.3. The van der Waals surface area contributed by atoms with Crippen LogP contribution in [0.2, 0.25) is 0 Å². The Bertz CT molecular complexity index is 544. The van der Waals surface area contributed by atoms with Crippen molar-refractivity contribution in [2.24, 2.45) is 0 Å². The van der Waals surface area contributed by atoms with Gasteiger partial charge in [0.2, 0.25) is 0 Å². The summed E-state index contributed by atoms with van der Waals surface area (Å²) in [6, 6.07) is 4.71. The standard InChI is InChI=1S/C15H20N2O4/c1-3-17-12-8-11(15(20)10(2)16-6-7-18)4-5-13(12)21-9-14(17)19/h4-5,8,10,16,18H,3,6-7,9H2,1-2H3. The van der Waals surface area contributed by atoms with Crippen molar-refractivity contribution in [2.45, 2.75) is 19.9 Å². The predicted molar refractivity (Wildman–Crippen MR) is 78.8 cm³/mol. The molecule has 0 aliphatic carbocycles. The molecule has 1 aliphatic rings. The maximum absolute atomic E-state index is 12.3. The van der Waals surface area contributed by atoms with E-state index in [0.717, 1.165) is 0 Å². The lowest BCUT2D eigenvalue weighted by atomic mass is 10.0. The minimum absolute atomic E-state index is 0.0201. The van der Waals surface area contributed by atoms with Crippen LogP contribution in [-0.2, 0) is 4.79 Å². The number of aliphatic hydroxyl groups excluding tert-OH is 1. The van der Waals surface area contributed by atoms with Gasteiger partial charge in [-0.25, -0.2) is 0 Å². The maximum Gasteiger partial charge on any atom is 0.265 e. The number of hydrogen-bond acceptors (Lipinski definition) is 5. The van der Waals surface area contributed by atoms with Gasteiger partial charge in [-0.05, 0) is 32.0 Å². The van der Waals surface area contributed by atoms with Crippen molar-refractivity contribution in [3.05, 3.63) is 23.8 Å². The summed E-state index contributed by atoms with van der Waals surface area (Å²) in [6.45, 7) is 4.53. The van der Waals surface area contributed by atoms with Gasteiger partial charge in [-0.3, -0.25) is 9.59 Å². The van der Waals surface area contributed by atoms with Crippen molar-refractivity contribution >= 4 is 17.4 Å². The summed E-state index contributed by atoms with van der Waals surface area (Å²) in [4.78, 5) is 25.8. The fourth-order valence-corrected chi connectivity index (χ4v) is 2.33. The average molecular weight is 292 g/mol. The number of fused-ring (bicyclic) bond motifs is 1. The van der Waals surface area contributed by atoms with E-state index in [1.165, 1.54) is 0 Å². The highest BCUT2D eigenvalue weighted by Gasteiger charge is 2.26. The molecule has 0 spiro atoms. The molecule has 1 aromatic carbocycles. The molecule has 1 atom stereocenters. The molecule has 0 saturated heterocycles. The molecule has 0 saturated carbocycles. The van der Waals surface area contributed by atoms with Gasteiger partial charge in [0, 0.05) is 18.7 Å². The van der Waals surface area contributed by atoms with Crippen molar-refractivity contribution in [2.75, 3.05) is 31.2 Å². The first-order valence-corrected chi connectivity index (χ1v) is 7.04. The lowest BCUT2D eigenvalue weighted by molar-refractivity contribution is -0.121. The van der Waals surface area contributed by atoms with Crippen molar-refractivity contribution in [1.82, 2.24) is 5.32 Å². The normalized spacial score (nSPS) is 15.4. The SMILES string of the molecule is CCN1C(=O)COc2ccc(C(=O)C(C)NCCO)cc21. The first-order valence-electron chi connectivity index (χ1n) is 7.04. The average Bonchev–Trinajstić information content (AvgIpc) is 2.51.